The van der Waals surface area contributed by atoms with Gasteiger partial charge in [-0.1, -0.05) is 17.7 Å². The van der Waals surface area contributed by atoms with E-state index in [1.54, 1.807) is 29.2 Å². The lowest BCUT2D eigenvalue weighted by atomic mass is 10.2. The smallest absolute Gasteiger partial charge is 0.243 e. The topological polar surface area (TPSA) is 104 Å². The number of sulfonamides is 1. The van der Waals surface area contributed by atoms with Gasteiger partial charge in [0.05, 0.1) is 71.0 Å². The van der Waals surface area contributed by atoms with Crippen molar-refractivity contribution < 1.29 is 36.9 Å². The maximum Gasteiger partial charge on any atom is 0.243 e. The molecule has 0 spiro atoms. The average molecular weight is 515 g/mol. The standard InChI is InChI=1S/C24H38N2O8S/c1-21-4-6-22(7-5-21)35(28,29)26-8-2-3-23(26)24(27)25-9-11-30-13-15-32-17-19-34-20-18-33-16-14-31-12-10-25/h4-7,23H,2-3,8-20H2,1H3. The Kier molecular flexibility index (Phi) is 11.9. The van der Waals surface area contributed by atoms with E-state index in [1.165, 1.54) is 4.31 Å². The molecule has 2 aliphatic rings. The lowest BCUT2D eigenvalue weighted by Gasteiger charge is -2.30. The zero-order valence-electron chi connectivity index (χ0n) is 20.6. The summed E-state index contributed by atoms with van der Waals surface area (Å²) in [6.07, 6.45) is 1.13. The molecule has 0 aromatic heterocycles. The van der Waals surface area contributed by atoms with Crippen molar-refractivity contribution in [3.05, 3.63) is 29.8 Å². The Morgan fingerprint density at radius 1 is 0.743 bits per heavy atom. The third-order valence-corrected chi connectivity index (χ3v) is 7.85. The van der Waals surface area contributed by atoms with E-state index in [4.69, 9.17) is 23.7 Å². The summed E-state index contributed by atoms with van der Waals surface area (Å²) in [6, 6.07) is 6.00. The van der Waals surface area contributed by atoms with E-state index in [1.807, 2.05) is 6.92 Å². The van der Waals surface area contributed by atoms with Crippen molar-refractivity contribution in [3.8, 4) is 0 Å². The van der Waals surface area contributed by atoms with Gasteiger partial charge in [-0.2, -0.15) is 4.31 Å². The molecule has 10 nitrogen and oxygen atoms in total. The van der Waals surface area contributed by atoms with E-state index in [2.05, 4.69) is 0 Å². The number of nitrogens with zero attached hydrogens (tertiary/aromatic N) is 2. The zero-order valence-corrected chi connectivity index (χ0v) is 21.4. The van der Waals surface area contributed by atoms with Gasteiger partial charge in [-0.25, -0.2) is 8.42 Å². The third-order valence-electron chi connectivity index (χ3n) is 5.93. The number of rotatable bonds is 3. The number of amides is 1. The van der Waals surface area contributed by atoms with Crippen LogP contribution in [0.3, 0.4) is 0 Å². The Balaban J connectivity index is 1.63. The molecule has 1 amide bonds. The summed E-state index contributed by atoms with van der Waals surface area (Å²) in [7, 11) is -3.77. The molecule has 0 N–H and O–H groups in total. The first kappa shape index (κ1) is 28.0. The molecule has 0 radical (unpaired) electrons. The Morgan fingerprint density at radius 3 is 1.69 bits per heavy atom. The molecule has 35 heavy (non-hydrogen) atoms. The summed E-state index contributed by atoms with van der Waals surface area (Å²) < 4.78 is 55.6. The predicted octanol–water partition coefficient (Wildman–Crippen LogP) is 1.07. The second-order valence-corrected chi connectivity index (χ2v) is 10.4. The highest BCUT2D eigenvalue weighted by Crippen LogP contribution is 2.27. The van der Waals surface area contributed by atoms with Crippen LogP contribution < -0.4 is 0 Å². The molecular formula is C24H38N2O8S. The fraction of sp³-hybridized carbons (Fsp3) is 0.708. The molecule has 0 bridgehead atoms. The molecule has 1 aromatic rings. The summed E-state index contributed by atoms with van der Waals surface area (Å²) in [5.41, 5.74) is 0.977. The van der Waals surface area contributed by atoms with Crippen LogP contribution in [0.1, 0.15) is 18.4 Å². The van der Waals surface area contributed by atoms with Crippen LogP contribution in [-0.2, 0) is 38.5 Å². The van der Waals surface area contributed by atoms with Gasteiger partial charge < -0.3 is 28.6 Å². The molecule has 2 saturated heterocycles. The summed E-state index contributed by atoms with van der Waals surface area (Å²) >= 11 is 0. The van der Waals surface area contributed by atoms with Crippen molar-refractivity contribution >= 4 is 15.9 Å². The minimum atomic E-state index is -3.77. The Morgan fingerprint density at radius 2 is 1.20 bits per heavy atom. The van der Waals surface area contributed by atoms with Crippen LogP contribution in [0, 0.1) is 6.92 Å². The monoisotopic (exact) mass is 514 g/mol. The zero-order chi connectivity index (χ0) is 24.9. The van der Waals surface area contributed by atoms with E-state index in [9.17, 15) is 13.2 Å². The van der Waals surface area contributed by atoms with Gasteiger partial charge in [0.25, 0.3) is 0 Å². The Bertz CT molecular complexity index is 847. The average Bonchev–Trinajstić information content (AvgIpc) is 3.35. The van der Waals surface area contributed by atoms with E-state index >= 15 is 0 Å². The van der Waals surface area contributed by atoms with Crippen molar-refractivity contribution in [1.29, 1.82) is 0 Å². The van der Waals surface area contributed by atoms with E-state index < -0.39 is 16.1 Å². The quantitative estimate of drug-likeness (QED) is 0.590. The summed E-state index contributed by atoms with van der Waals surface area (Å²) in [4.78, 5) is 15.4. The first-order valence-electron chi connectivity index (χ1n) is 12.3. The maximum absolute atomic E-state index is 13.5. The van der Waals surface area contributed by atoms with Crippen molar-refractivity contribution in [3.63, 3.8) is 0 Å². The first-order valence-corrected chi connectivity index (χ1v) is 13.7. The SMILES string of the molecule is Cc1ccc(S(=O)(=O)N2CCCC2C(=O)N2CCOCCOCCOCCOCCOCC2)cc1. The molecule has 2 aliphatic heterocycles. The third kappa shape index (κ3) is 8.78. The van der Waals surface area contributed by atoms with Gasteiger partial charge in [0.2, 0.25) is 15.9 Å². The van der Waals surface area contributed by atoms with Crippen molar-refractivity contribution in [1.82, 2.24) is 9.21 Å². The molecule has 2 fully saturated rings. The van der Waals surface area contributed by atoms with Crippen LogP contribution in [0.25, 0.3) is 0 Å². The van der Waals surface area contributed by atoms with E-state index in [0.717, 1.165) is 5.56 Å². The number of hydrogen-bond donors (Lipinski definition) is 0. The molecule has 2 heterocycles. The molecule has 1 aromatic carbocycles. The minimum absolute atomic E-state index is 0.208. The van der Waals surface area contributed by atoms with Crippen LogP contribution in [-0.4, -0.2) is 115 Å². The number of carbonyl (C=O) groups is 1. The summed E-state index contributed by atoms with van der Waals surface area (Å²) in [6.45, 7) is 7.17. The predicted molar refractivity (Wildman–Crippen MR) is 129 cm³/mol. The molecule has 1 atom stereocenters. The highest BCUT2D eigenvalue weighted by molar-refractivity contribution is 7.89. The van der Waals surface area contributed by atoms with Crippen molar-refractivity contribution in [2.45, 2.75) is 30.7 Å². The van der Waals surface area contributed by atoms with Gasteiger partial charge in [-0.15, -0.1) is 0 Å². The fourth-order valence-electron chi connectivity index (χ4n) is 3.99. The van der Waals surface area contributed by atoms with Gasteiger partial charge in [-0.3, -0.25) is 4.79 Å². The largest absolute Gasteiger partial charge is 0.377 e. The summed E-state index contributed by atoms with van der Waals surface area (Å²) in [5, 5.41) is 0. The van der Waals surface area contributed by atoms with Crippen molar-refractivity contribution in [2.75, 3.05) is 85.7 Å². The van der Waals surface area contributed by atoms with E-state index in [0.29, 0.717) is 98.5 Å². The van der Waals surface area contributed by atoms with Crippen LogP contribution >= 0.6 is 0 Å². The molecule has 1 unspecified atom stereocenters. The van der Waals surface area contributed by atoms with Gasteiger partial charge in [0, 0.05) is 19.6 Å². The number of benzene rings is 1. The van der Waals surface area contributed by atoms with Gasteiger partial charge in [0.15, 0.2) is 0 Å². The van der Waals surface area contributed by atoms with Crippen molar-refractivity contribution in [2.24, 2.45) is 0 Å². The molecule has 198 valence electrons. The maximum atomic E-state index is 13.5. The first-order chi connectivity index (χ1) is 17.0. The Hall–Kier alpha value is -1.60. The number of hydrogen-bond acceptors (Lipinski definition) is 8. The number of ether oxygens (including phenoxy) is 5. The molecular weight excluding hydrogens is 476 g/mol. The molecule has 3 rings (SSSR count). The lowest BCUT2D eigenvalue weighted by molar-refractivity contribution is -0.136. The number of carbonyl (C=O) groups excluding carboxylic acids is 1. The van der Waals surface area contributed by atoms with Gasteiger partial charge in [0.1, 0.15) is 6.04 Å². The normalized spacial score (nSPS) is 23.5. The minimum Gasteiger partial charge on any atom is -0.377 e. The van der Waals surface area contributed by atoms with Gasteiger partial charge >= 0.3 is 0 Å². The molecule has 0 saturated carbocycles. The lowest BCUT2D eigenvalue weighted by Crippen LogP contribution is -2.49. The number of aryl methyl sites for hydroxylation is 1. The van der Waals surface area contributed by atoms with Gasteiger partial charge in [-0.05, 0) is 31.9 Å². The molecule has 11 heteroatoms. The highest BCUT2D eigenvalue weighted by atomic mass is 32.2. The second-order valence-electron chi connectivity index (χ2n) is 8.47. The van der Waals surface area contributed by atoms with Crippen LogP contribution in [0.15, 0.2) is 29.2 Å². The summed E-state index contributed by atoms with van der Waals surface area (Å²) in [5.74, 6) is -0.218. The Labute approximate surface area is 208 Å². The molecule has 0 aliphatic carbocycles. The van der Waals surface area contributed by atoms with Crippen LogP contribution in [0.5, 0.6) is 0 Å². The van der Waals surface area contributed by atoms with Crippen LogP contribution in [0.2, 0.25) is 0 Å². The van der Waals surface area contributed by atoms with Crippen LogP contribution in [0.4, 0.5) is 0 Å². The van der Waals surface area contributed by atoms with E-state index in [-0.39, 0.29) is 10.8 Å². The second kappa shape index (κ2) is 14.8. The fourth-order valence-corrected chi connectivity index (χ4v) is 5.65. The highest BCUT2D eigenvalue weighted by Gasteiger charge is 2.41.